The van der Waals surface area contributed by atoms with E-state index in [9.17, 15) is 13.2 Å². The van der Waals surface area contributed by atoms with Crippen LogP contribution in [0.1, 0.15) is 48.6 Å². The smallest absolute Gasteiger partial charge is 0.241 e. The molecule has 2 aromatic rings. The van der Waals surface area contributed by atoms with E-state index in [0.717, 1.165) is 38.6 Å². The molecule has 0 spiro atoms. The van der Waals surface area contributed by atoms with Crippen LogP contribution < -0.4 is 14.4 Å². The summed E-state index contributed by atoms with van der Waals surface area (Å²) in [7, 11) is -3.63. The van der Waals surface area contributed by atoms with E-state index in [1.165, 1.54) is 0 Å². The topological polar surface area (TPSA) is 75.7 Å². The van der Waals surface area contributed by atoms with Gasteiger partial charge in [0.25, 0.3) is 0 Å². The second kappa shape index (κ2) is 7.95. The van der Waals surface area contributed by atoms with E-state index in [1.807, 2.05) is 58.9 Å². The average molecular weight is 431 g/mol. The molecule has 1 atom stereocenters. The van der Waals surface area contributed by atoms with Crippen LogP contribution in [0.15, 0.2) is 36.4 Å². The van der Waals surface area contributed by atoms with Crippen LogP contribution in [0.5, 0.6) is 5.75 Å². The van der Waals surface area contributed by atoms with E-state index in [-0.39, 0.29) is 18.5 Å². The number of rotatable bonds is 5. The molecule has 30 heavy (non-hydrogen) atoms. The summed E-state index contributed by atoms with van der Waals surface area (Å²) in [6, 6.07) is 11.0. The first-order valence-corrected chi connectivity index (χ1v) is 11.8. The lowest BCUT2D eigenvalue weighted by atomic mass is 9.89. The molecule has 0 radical (unpaired) electrons. The third kappa shape index (κ3) is 4.95. The quantitative estimate of drug-likeness (QED) is 0.783. The van der Waals surface area contributed by atoms with Gasteiger partial charge in [-0.3, -0.25) is 9.10 Å². The highest BCUT2D eigenvalue weighted by atomic mass is 32.2. The number of fused-ring (bicyclic) bond motifs is 1. The van der Waals surface area contributed by atoms with Crippen molar-refractivity contribution in [1.29, 1.82) is 0 Å². The van der Waals surface area contributed by atoms with Crippen LogP contribution in [-0.2, 0) is 14.8 Å². The van der Waals surface area contributed by atoms with Gasteiger partial charge >= 0.3 is 0 Å². The number of anilines is 1. The number of ether oxygens (including phenoxy) is 1. The Morgan fingerprint density at radius 2 is 1.83 bits per heavy atom. The van der Waals surface area contributed by atoms with Gasteiger partial charge in [-0.25, -0.2) is 8.42 Å². The van der Waals surface area contributed by atoms with Gasteiger partial charge in [0.1, 0.15) is 17.9 Å². The predicted molar refractivity (Wildman–Crippen MR) is 119 cm³/mol. The minimum atomic E-state index is -3.63. The monoisotopic (exact) mass is 430 g/mol. The van der Waals surface area contributed by atoms with Gasteiger partial charge in [0.2, 0.25) is 15.9 Å². The number of nitrogens with one attached hydrogen (secondary N) is 1. The molecule has 2 aromatic carbocycles. The largest absolute Gasteiger partial charge is 0.487 e. The maximum Gasteiger partial charge on any atom is 0.241 e. The van der Waals surface area contributed by atoms with Gasteiger partial charge in [-0.15, -0.1) is 0 Å². The number of amides is 1. The number of nitrogens with zero attached hydrogens (tertiary/aromatic N) is 1. The molecule has 0 saturated carbocycles. The highest BCUT2D eigenvalue weighted by Crippen LogP contribution is 2.39. The second-order valence-electron chi connectivity index (χ2n) is 8.77. The Labute approximate surface area is 179 Å². The molecule has 1 amide bonds. The summed E-state index contributed by atoms with van der Waals surface area (Å²) >= 11 is 0. The molecule has 162 valence electrons. The fourth-order valence-corrected chi connectivity index (χ4v) is 4.60. The Balaban J connectivity index is 1.86. The summed E-state index contributed by atoms with van der Waals surface area (Å²) < 4.78 is 32.1. The van der Waals surface area contributed by atoms with Crippen molar-refractivity contribution in [3.63, 3.8) is 0 Å². The van der Waals surface area contributed by atoms with E-state index < -0.39 is 15.6 Å². The number of sulfonamides is 1. The lowest BCUT2D eigenvalue weighted by Gasteiger charge is -2.38. The summed E-state index contributed by atoms with van der Waals surface area (Å²) in [5, 5.41) is 3.03. The summed E-state index contributed by atoms with van der Waals surface area (Å²) in [5.74, 6) is 0.394. The Hall–Kier alpha value is -2.54. The lowest BCUT2D eigenvalue weighted by Crippen LogP contribution is -2.45. The zero-order valence-electron chi connectivity index (χ0n) is 18.4. The van der Waals surface area contributed by atoms with E-state index in [0.29, 0.717) is 12.1 Å². The molecule has 0 unspecified atom stereocenters. The van der Waals surface area contributed by atoms with E-state index >= 15 is 0 Å². The molecule has 0 bridgehead atoms. The SMILES string of the molecule is Cc1ccc2c(c1)[C@H](NC(=O)CN(c1ccc(C)c(C)c1)S(C)(=O)=O)CC(C)(C)O2. The van der Waals surface area contributed by atoms with Crippen LogP contribution in [-0.4, -0.2) is 32.7 Å². The zero-order valence-corrected chi connectivity index (χ0v) is 19.3. The molecule has 3 rings (SSSR count). The molecule has 1 aliphatic heterocycles. The minimum absolute atomic E-state index is 0.252. The first kappa shape index (κ1) is 22.2. The Morgan fingerprint density at radius 3 is 2.47 bits per heavy atom. The van der Waals surface area contributed by atoms with Gasteiger partial charge in [0.05, 0.1) is 18.0 Å². The van der Waals surface area contributed by atoms with Crippen molar-refractivity contribution in [3.8, 4) is 5.75 Å². The fourth-order valence-electron chi connectivity index (χ4n) is 3.75. The molecular formula is C23H30N2O4S. The van der Waals surface area contributed by atoms with Crippen molar-refractivity contribution in [3.05, 3.63) is 58.7 Å². The number of hydrogen-bond acceptors (Lipinski definition) is 4. The van der Waals surface area contributed by atoms with Crippen LogP contribution >= 0.6 is 0 Å². The van der Waals surface area contributed by atoms with Crippen molar-refractivity contribution >= 4 is 21.6 Å². The van der Waals surface area contributed by atoms with Crippen molar-refractivity contribution in [2.45, 2.75) is 52.7 Å². The summed E-state index contributed by atoms with van der Waals surface area (Å²) in [5.41, 5.74) is 4.07. The molecule has 1 aliphatic rings. The fraction of sp³-hybridized carbons (Fsp3) is 0.435. The highest BCUT2D eigenvalue weighted by molar-refractivity contribution is 7.92. The van der Waals surface area contributed by atoms with Crippen molar-refractivity contribution in [1.82, 2.24) is 5.32 Å². The molecule has 1 heterocycles. The lowest BCUT2D eigenvalue weighted by molar-refractivity contribution is -0.120. The van der Waals surface area contributed by atoms with Gasteiger partial charge < -0.3 is 10.1 Å². The number of carbonyl (C=O) groups is 1. The first-order chi connectivity index (χ1) is 13.9. The first-order valence-electron chi connectivity index (χ1n) is 10.00. The molecule has 0 aliphatic carbocycles. The Bertz CT molecular complexity index is 1080. The van der Waals surface area contributed by atoms with Crippen molar-refractivity contribution < 1.29 is 17.9 Å². The van der Waals surface area contributed by atoms with E-state index in [4.69, 9.17) is 4.74 Å². The van der Waals surface area contributed by atoms with E-state index in [1.54, 1.807) is 12.1 Å². The van der Waals surface area contributed by atoms with Crippen molar-refractivity contribution in [2.24, 2.45) is 0 Å². The summed E-state index contributed by atoms with van der Waals surface area (Å²) in [6.07, 6.45) is 1.71. The molecule has 7 heteroatoms. The number of benzene rings is 2. The summed E-state index contributed by atoms with van der Waals surface area (Å²) in [6.45, 7) is 9.55. The molecule has 0 aromatic heterocycles. The molecule has 0 saturated heterocycles. The third-order valence-electron chi connectivity index (χ3n) is 5.42. The average Bonchev–Trinajstić information content (AvgIpc) is 2.61. The maximum absolute atomic E-state index is 12.9. The van der Waals surface area contributed by atoms with Crippen molar-refractivity contribution in [2.75, 3.05) is 17.1 Å². The van der Waals surface area contributed by atoms with Crippen LogP contribution in [0.2, 0.25) is 0 Å². The molecular weight excluding hydrogens is 400 g/mol. The third-order valence-corrected chi connectivity index (χ3v) is 6.56. The molecule has 1 N–H and O–H groups in total. The van der Waals surface area contributed by atoms with Gasteiger partial charge in [-0.1, -0.05) is 23.8 Å². The standard InChI is InChI=1S/C23H30N2O4S/c1-15-7-10-21-19(11-15)20(13-23(4,5)29-21)24-22(26)14-25(30(6,27)28)18-9-8-16(2)17(3)12-18/h7-12,20H,13-14H2,1-6H3,(H,24,26)/t20-/m1/s1. The maximum atomic E-state index is 12.9. The number of hydrogen-bond donors (Lipinski definition) is 1. The van der Waals surface area contributed by atoms with Gasteiger partial charge in [0, 0.05) is 12.0 Å². The van der Waals surface area contributed by atoms with Gasteiger partial charge in [0.15, 0.2) is 0 Å². The summed E-state index contributed by atoms with van der Waals surface area (Å²) in [4.78, 5) is 12.9. The molecule has 0 fully saturated rings. The second-order valence-corrected chi connectivity index (χ2v) is 10.7. The van der Waals surface area contributed by atoms with Crippen LogP contribution in [0.25, 0.3) is 0 Å². The highest BCUT2D eigenvalue weighted by Gasteiger charge is 2.35. The van der Waals surface area contributed by atoms with Gasteiger partial charge in [-0.2, -0.15) is 0 Å². The number of aryl methyl sites for hydroxylation is 3. The normalized spacial score (nSPS) is 17.6. The van der Waals surface area contributed by atoms with Gasteiger partial charge in [-0.05, 0) is 63.9 Å². The number of carbonyl (C=O) groups excluding carboxylic acids is 1. The van der Waals surface area contributed by atoms with E-state index in [2.05, 4.69) is 5.32 Å². The van der Waals surface area contributed by atoms with Crippen LogP contribution in [0.3, 0.4) is 0 Å². The minimum Gasteiger partial charge on any atom is -0.487 e. The Kier molecular flexibility index (Phi) is 5.87. The Morgan fingerprint density at radius 1 is 1.13 bits per heavy atom. The van der Waals surface area contributed by atoms with Crippen LogP contribution in [0.4, 0.5) is 5.69 Å². The predicted octanol–water partition coefficient (Wildman–Crippen LogP) is 3.80. The van der Waals surface area contributed by atoms with Crippen LogP contribution in [0, 0.1) is 20.8 Å². The molecule has 6 nitrogen and oxygen atoms in total. The zero-order chi connectivity index (χ0) is 22.3.